The molecule has 1 aromatic heterocycles. The molecule has 1 aromatic carbocycles. The number of hydrogen-bond acceptors (Lipinski definition) is 10. The molecule has 0 saturated carbocycles. The Kier molecular flexibility index (Phi) is 12.0. The maximum Gasteiger partial charge on any atom is 0.338 e. The first-order valence-electron chi connectivity index (χ1n) is 12.9. The smallest absolute Gasteiger partial charge is 0.338 e. The number of aliphatic hydroxyl groups is 1. The minimum Gasteiger partial charge on any atom is -0.463 e. The summed E-state index contributed by atoms with van der Waals surface area (Å²) in [6.45, 7) is 1.85. The van der Waals surface area contributed by atoms with Crippen LogP contribution in [-0.2, 0) is 14.3 Å². The van der Waals surface area contributed by atoms with E-state index in [4.69, 9.17) is 14.8 Å². The maximum absolute atomic E-state index is 15.2. The fraction of sp³-hybridized carbons (Fsp3) is 0.481. The average Bonchev–Trinajstić information content (AvgIpc) is 3.46. The van der Waals surface area contributed by atoms with E-state index in [1.807, 2.05) is 0 Å². The highest BCUT2D eigenvalue weighted by atomic mass is 79.9. The number of amidine groups is 1. The largest absolute Gasteiger partial charge is 0.463 e. The van der Waals surface area contributed by atoms with Gasteiger partial charge in [0, 0.05) is 47.9 Å². The number of alkyl halides is 2. The lowest BCUT2D eigenvalue weighted by Crippen LogP contribution is -2.53. The number of aromatic nitrogens is 1. The molecule has 2 N–H and O–H groups in total. The van der Waals surface area contributed by atoms with E-state index in [9.17, 15) is 14.0 Å². The number of likely N-dealkylation sites (tertiary alicyclic amines) is 1. The molecule has 0 amide bonds. The van der Waals surface area contributed by atoms with Crippen molar-refractivity contribution in [2.75, 3.05) is 53.5 Å². The van der Waals surface area contributed by atoms with Crippen molar-refractivity contribution < 1.29 is 32.6 Å². The molecule has 3 heterocycles. The van der Waals surface area contributed by atoms with Gasteiger partial charge in [0.25, 0.3) is 5.92 Å². The summed E-state index contributed by atoms with van der Waals surface area (Å²) in [5.41, 5.74) is 1.07. The van der Waals surface area contributed by atoms with Crippen LogP contribution in [0.2, 0.25) is 0 Å². The van der Waals surface area contributed by atoms with Crippen LogP contribution >= 0.6 is 27.3 Å². The van der Waals surface area contributed by atoms with E-state index >= 15 is 8.78 Å². The van der Waals surface area contributed by atoms with Crippen LogP contribution in [0.4, 0.5) is 13.2 Å². The summed E-state index contributed by atoms with van der Waals surface area (Å²) in [7, 11) is 2.65. The molecule has 1 unspecified atom stereocenters. The Morgan fingerprint density at radius 2 is 2.15 bits per heavy atom. The number of rotatable bonds is 10. The van der Waals surface area contributed by atoms with E-state index in [-0.39, 0.29) is 38.2 Å². The van der Waals surface area contributed by atoms with Gasteiger partial charge in [0.2, 0.25) is 0 Å². The van der Waals surface area contributed by atoms with Crippen LogP contribution in [0.15, 0.2) is 50.5 Å². The van der Waals surface area contributed by atoms with Gasteiger partial charge >= 0.3 is 5.97 Å². The molecular weight excluding hydrogens is 627 g/mol. The number of aldehydes is 1. The van der Waals surface area contributed by atoms with Crippen molar-refractivity contribution in [2.45, 2.75) is 25.3 Å². The van der Waals surface area contributed by atoms with E-state index in [1.54, 1.807) is 35.3 Å². The Labute approximate surface area is 249 Å². The van der Waals surface area contributed by atoms with E-state index in [0.717, 1.165) is 7.11 Å². The molecule has 0 spiro atoms. The zero-order valence-electron chi connectivity index (χ0n) is 22.9. The van der Waals surface area contributed by atoms with Crippen LogP contribution in [0.1, 0.15) is 30.0 Å². The number of piperidine rings is 1. The summed E-state index contributed by atoms with van der Waals surface area (Å²) in [6, 6.07) is 3.20. The van der Waals surface area contributed by atoms with E-state index < -0.39 is 36.2 Å². The molecule has 1 saturated heterocycles. The minimum absolute atomic E-state index is 0.0142. The van der Waals surface area contributed by atoms with E-state index in [0.29, 0.717) is 39.4 Å². The average molecular weight is 661 g/mol. The molecule has 224 valence electrons. The molecule has 2 aliphatic heterocycles. The quantitative estimate of drug-likeness (QED) is 0.294. The van der Waals surface area contributed by atoms with Crippen molar-refractivity contribution in [1.82, 2.24) is 20.1 Å². The monoisotopic (exact) mass is 659 g/mol. The molecule has 2 aliphatic rings. The van der Waals surface area contributed by atoms with Gasteiger partial charge in [-0.05, 0) is 44.6 Å². The zero-order valence-corrected chi connectivity index (χ0v) is 25.4. The molecule has 4 rings (SSSR count). The van der Waals surface area contributed by atoms with Crippen LogP contribution in [0.25, 0.3) is 0 Å². The number of likely N-dealkylation sites (N-methyl/N-ethyl adjacent to an activating group) is 1. The summed E-state index contributed by atoms with van der Waals surface area (Å²) in [6.07, 6.45) is 2.53. The van der Waals surface area contributed by atoms with Gasteiger partial charge in [0.1, 0.15) is 18.1 Å². The Hall–Kier alpha value is -2.65. The number of esters is 1. The van der Waals surface area contributed by atoms with Gasteiger partial charge in [-0.1, -0.05) is 22.0 Å². The number of carbonyl (C=O) groups is 2. The predicted octanol–water partition coefficient (Wildman–Crippen LogP) is 3.65. The van der Waals surface area contributed by atoms with Gasteiger partial charge in [-0.15, -0.1) is 11.3 Å². The van der Waals surface area contributed by atoms with E-state index in [2.05, 4.69) is 26.2 Å². The number of aliphatic imine (C=N–C) groups is 1. The Morgan fingerprint density at radius 3 is 2.76 bits per heavy atom. The van der Waals surface area contributed by atoms with Crippen molar-refractivity contribution in [1.29, 1.82) is 0 Å². The molecule has 0 radical (unpaired) electrons. The standard InChI is InChI=1S/C26H29BrF3N5O3S.CH4O/c1-3-38-25(37)21-20(14-35-8-6-16(26(29,30)15-35)13-34(2)9-10-36)32-23(24-31-7-11-39-24)33-22(21)18-5-4-17(28)12-19(18)27;1-2/h4-5,7,10-12,16,22H,3,6,8-9,13-15H2,1-2H3,(H,32,33);2H,1H3/t16?,22-;/m0./s1. The molecule has 2 atom stereocenters. The third-order valence-electron chi connectivity index (χ3n) is 6.64. The topological polar surface area (TPSA) is 107 Å². The third-order valence-corrected chi connectivity index (χ3v) is 8.11. The molecule has 9 nitrogen and oxygen atoms in total. The number of hydrogen-bond donors (Lipinski definition) is 2. The zero-order chi connectivity index (χ0) is 30.2. The Balaban J connectivity index is 0.00000226. The predicted molar refractivity (Wildman–Crippen MR) is 153 cm³/mol. The number of thiazole rings is 1. The summed E-state index contributed by atoms with van der Waals surface area (Å²) < 4.78 is 50.1. The molecule has 41 heavy (non-hydrogen) atoms. The first kappa shape index (κ1) is 32.9. The number of nitrogens with one attached hydrogen (secondary N) is 1. The third kappa shape index (κ3) is 8.22. The van der Waals surface area contributed by atoms with Crippen molar-refractivity contribution in [3.63, 3.8) is 0 Å². The Morgan fingerprint density at radius 1 is 1.39 bits per heavy atom. The highest BCUT2D eigenvalue weighted by Gasteiger charge is 2.45. The molecule has 1 fully saturated rings. The van der Waals surface area contributed by atoms with Crippen molar-refractivity contribution in [2.24, 2.45) is 10.9 Å². The molecule has 0 bridgehead atoms. The minimum atomic E-state index is -3.00. The summed E-state index contributed by atoms with van der Waals surface area (Å²) in [4.78, 5) is 36.3. The van der Waals surface area contributed by atoms with Crippen molar-refractivity contribution in [3.8, 4) is 0 Å². The first-order valence-corrected chi connectivity index (χ1v) is 14.6. The Bertz CT molecular complexity index is 1260. The highest BCUT2D eigenvalue weighted by molar-refractivity contribution is 9.10. The lowest BCUT2D eigenvalue weighted by Gasteiger charge is -2.40. The van der Waals surface area contributed by atoms with Crippen LogP contribution in [0.5, 0.6) is 0 Å². The second-order valence-corrected chi connectivity index (χ2v) is 11.2. The second kappa shape index (κ2) is 15.0. The molecule has 2 aromatic rings. The fourth-order valence-corrected chi connectivity index (χ4v) is 5.94. The number of aliphatic hydroxyl groups excluding tert-OH is 1. The number of ether oxygens (including phenoxy) is 1. The van der Waals surface area contributed by atoms with Crippen LogP contribution in [0.3, 0.4) is 0 Å². The number of halogens is 4. The normalized spacial score (nSPS) is 20.6. The van der Waals surface area contributed by atoms with Crippen LogP contribution in [-0.4, -0.2) is 97.4 Å². The van der Waals surface area contributed by atoms with Gasteiger partial charge in [0.05, 0.1) is 25.3 Å². The number of carbonyl (C=O) groups excluding carboxylic acids is 2. The van der Waals surface area contributed by atoms with E-state index in [1.165, 1.54) is 29.5 Å². The van der Waals surface area contributed by atoms with Crippen LogP contribution in [0, 0.1) is 11.7 Å². The summed E-state index contributed by atoms with van der Waals surface area (Å²) in [5, 5.41) is 12.5. The van der Waals surface area contributed by atoms with Crippen LogP contribution < -0.4 is 5.32 Å². The lowest BCUT2D eigenvalue weighted by atomic mass is 9.91. The van der Waals surface area contributed by atoms with Gasteiger partial charge in [-0.25, -0.2) is 22.9 Å². The van der Waals surface area contributed by atoms with Gasteiger partial charge in [-0.2, -0.15) is 0 Å². The van der Waals surface area contributed by atoms with Crippen molar-refractivity contribution >= 4 is 45.4 Å². The van der Waals surface area contributed by atoms with Gasteiger partial charge in [-0.3, -0.25) is 14.8 Å². The fourth-order valence-electron chi connectivity index (χ4n) is 4.78. The summed E-state index contributed by atoms with van der Waals surface area (Å²) >= 11 is 4.72. The first-order chi connectivity index (χ1) is 19.6. The number of nitrogens with zero attached hydrogens (tertiary/aromatic N) is 4. The SMILES string of the molecule is CCOC(=O)C1=C(CN2CCC(CN(C)CC=O)C(F)(F)C2)NC(c2nccs2)=N[C@H]1c1ccc(F)cc1Br.CO. The lowest BCUT2D eigenvalue weighted by molar-refractivity contribution is -0.139. The van der Waals surface area contributed by atoms with Crippen molar-refractivity contribution in [3.05, 3.63) is 61.9 Å². The summed E-state index contributed by atoms with van der Waals surface area (Å²) in [5.74, 6) is -4.62. The maximum atomic E-state index is 15.2. The molecule has 0 aliphatic carbocycles. The molecule has 14 heteroatoms. The van der Waals surface area contributed by atoms with Gasteiger partial charge in [0.15, 0.2) is 10.8 Å². The number of benzene rings is 1. The highest BCUT2D eigenvalue weighted by Crippen LogP contribution is 2.38. The van der Waals surface area contributed by atoms with Gasteiger partial charge < -0.3 is 20.0 Å². The molecular formula is C27H33BrF3N5O4S. The second-order valence-electron chi connectivity index (χ2n) is 9.47.